The Hall–Kier alpha value is -1.66. The van der Waals surface area contributed by atoms with Gasteiger partial charge < -0.3 is 15.5 Å². The fourth-order valence-electron chi connectivity index (χ4n) is 3.62. The summed E-state index contributed by atoms with van der Waals surface area (Å²) in [5.41, 5.74) is 0. The Labute approximate surface area is 151 Å². The summed E-state index contributed by atoms with van der Waals surface area (Å²) in [6, 6.07) is -0.0207. The second-order valence-electron chi connectivity index (χ2n) is 7.01. The van der Waals surface area contributed by atoms with E-state index in [1.165, 1.54) is 0 Å². The van der Waals surface area contributed by atoms with E-state index in [0.29, 0.717) is 32.1 Å². The van der Waals surface area contributed by atoms with Crippen molar-refractivity contribution in [2.24, 2.45) is 5.92 Å². The molecule has 2 unspecified atom stereocenters. The monoisotopic (exact) mass is 348 g/mol. The SMILES string of the molecule is C=CCN(CC=C)C(=O)CN1CCCC(CNC(=O)C2CCCN2)C1. The lowest BCUT2D eigenvalue weighted by atomic mass is 9.97. The fourth-order valence-corrected chi connectivity index (χ4v) is 3.62. The largest absolute Gasteiger partial charge is 0.354 e. The van der Waals surface area contributed by atoms with Crippen LogP contribution in [0.5, 0.6) is 0 Å². The molecule has 0 spiro atoms. The summed E-state index contributed by atoms with van der Waals surface area (Å²) >= 11 is 0. The molecule has 2 fully saturated rings. The van der Waals surface area contributed by atoms with Gasteiger partial charge in [-0.05, 0) is 44.7 Å². The zero-order chi connectivity index (χ0) is 18.1. The first-order valence-electron chi connectivity index (χ1n) is 9.37. The van der Waals surface area contributed by atoms with E-state index in [4.69, 9.17) is 0 Å². The topological polar surface area (TPSA) is 64.7 Å². The second kappa shape index (κ2) is 10.4. The zero-order valence-corrected chi connectivity index (χ0v) is 15.2. The highest BCUT2D eigenvalue weighted by molar-refractivity contribution is 5.82. The van der Waals surface area contributed by atoms with Gasteiger partial charge in [0.25, 0.3) is 0 Å². The molecule has 2 rings (SSSR count). The molecule has 0 aliphatic carbocycles. The van der Waals surface area contributed by atoms with Gasteiger partial charge in [-0.2, -0.15) is 0 Å². The minimum Gasteiger partial charge on any atom is -0.354 e. The molecule has 0 aromatic rings. The van der Waals surface area contributed by atoms with E-state index in [1.54, 1.807) is 17.1 Å². The maximum Gasteiger partial charge on any atom is 0.237 e. The van der Waals surface area contributed by atoms with Crippen LogP contribution >= 0.6 is 0 Å². The van der Waals surface area contributed by atoms with Crippen LogP contribution in [0.1, 0.15) is 25.7 Å². The number of likely N-dealkylation sites (tertiary alicyclic amines) is 1. The summed E-state index contributed by atoms with van der Waals surface area (Å²) in [7, 11) is 0. The molecule has 0 aromatic carbocycles. The molecule has 2 atom stereocenters. The van der Waals surface area contributed by atoms with Crippen LogP contribution in [0.4, 0.5) is 0 Å². The molecule has 6 heteroatoms. The molecule has 2 aliphatic heterocycles. The van der Waals surface area contributed by atoms with Gasteiger partial charge in [0.1, 0.15) is 0 Å². The average molecular weight is 348 g/mol. The van der Waals surface area contributed by atoms with Gasteiger partial charge in [0.05, 0.1) is 12.6 Å². The van der Waals surface area contributed by atoms with E-state index in [0.717, 1.165) is 45.3 Å². The quantitative estimate of drug-likeness (QED) is 0.604. The van der Waals surface area contributed by atoms with E-state index < -0.39 is 0 Å². The highest BCUT2D eigenvalue weighted by Gasteiger charge is 2.26. The minimum absolute atomic E-state index is 0.0207. The van der Waals surface area contributed by atoms with E-state index in [2.05, 4.69) is 28.7 Å². The van der Waals surface area contributed by atoms with Gasteiger partial charge in [0, 0.05) is 26.2 Å². The molecule has 0 aromatic heterocycles. The molecule has 2 amide bonds. The lowest BCUT2D eigenvalue weighted by molar-refractivity contribution is -0.132. The number of hydrogen-bond acceptors (Lipinski definition) is 4. The van der Waals surface area contributed by atoms with Crippen LogP contribution in [0, 0.1) is 5.92 Å². The number of piperidine rings is 1. The molecule has 0 saturated carbocycles. The summed E-state index contributed by atoms with van der Waals surface area (Å²) in [6.45, 7) is 12.4. The van der Waals surface area contributed by atoms with Crippen molar-refractivity contribution in [1.29, 1.82) is 0 Å². The van der Waals surface area contributed by atoms with E-state index >= 15 is 0 Å². The van der Waals surface area contributed by atoms with Gasteiger partial charge >= 0.3 is 0 Å². The van der Waals surface area contributed by atoms with Gasteiger partial charge in [0.15, 0.2) is 0 Å². The second-order valence-corrected chi connectivity index (χ2v) is 7.01. The van der Waals surface area contributed by atoms with Crippen molar-refractivity contribution in [1.82, 2.24) is 20.4 Å². The van der Waals surface area contributed by atoms with Crippen LogP contribution in [0.25, 0.3) is 0 Å². The Morgan fingerprint density at radius 1 is 1.20 bits per heavy atom. The molecular weight excluding hydrogens is 316 g/mol. The lowest BCUT2D eigenvalue weighted by Crippen LogP contribution is -2.48. The molecule has 0 bridgehead atoms. The standard InChI is InChI=1S/C19H32N4O2/c1-3-10-23(11-4-2)18(24)15-22-12-6-7-16(14-22)13-21-19(25)17-8-5-9-20-17/h3-4,16-17,20H,1-2,5-15H2,(H,21,25). The minimum atomic E-state index is -0.0207. The third-order valence-corrected chi connectivity index (χ3v) is 4.96. The Morgan fingerprint density at radius 2 is 1.96 bits per heavy atom. The van der Waals surface area contributed by atoms with E-state index in [9.17, 15) is 9.59 Å². The average Bonchev–Trinajstić information content (AvgIpc) is 3.14. The third-order valence-electron chi connectivity index (χ3n) is 4.96. The summed E-state index contributed by atoms with van der Waals surface area (Å²) in [5, 5.41) is 6.31. The lowest BCUT2D eigenvalue weighted by Gasteiger charge is -2.33. The van der Waals surface area contributed by atoms with Crippen LogP contribution in [-0.4, -0.2) is 73.5 Å². The molecule has 25 heavy (non-hydrogen) atoms. The summed E-state index contributed by atoms with van der Waals surface area (Å²) < 4.78 is 0. The van der Waals surface area contributed by atoms with Crippen molar-refractivity contribution in [3.8, 4) is 0 Å². The van der Waals surface area contributed by atoms with Crippen LogP contribution in [0.3, 0.4) is 0 Å². The normalized spacial score (nSPS) is 23.8. The van der Waals surface area contributed by atoms with Gasteiger partial charge in [-0.25, -0.2) is 0 Å². The Kier molecular flexibility index (Phi) is 8.15. The fraction of sp³-hybridized carbons (Fsp3) is 0.684. The maximum atomic E-state index is 12.4. The van der Waals surface area contributed by atoms with Crippen LogP contribution in [0.15, 0.2) is 25.3 Å². The van der Waals surface area contributed by atoms with Gasteiger partial charge in [-0.1, -0.05) is 12.2 Å². The van der Waals surface area contributed by atoms with Crippen molar-refractivity contribution < 1.29 is 9.59 Å². The Bertz CT molecular complexity index is 464. The van der Waals surface area contributed by atoms with Gasteiger partial charge in [-0.15, -0.1) is 13.2 Å². The molecule has 6 nitrogen and oxygen atoms in total. The van der Waals surface area contributed by atoms with Crippen LogP contribution in [0.2, 0.25) is 0 Å². The predicted molar refractivity (Wildman–Crippen MR) is 100 cm³/mol. The number of carbonyl (C=O) groups excluding carboxylic acids is 2. The molecule has 2 aliphatic rings. The highest BCUT2D eigenvalue weighted by atomic mass is 16.2. The van der Waals surface area contributed by atoms with E-state index in [-0.39, 0.29) is 17.9 Å². The molecule has 140 valence electrons. The number of nitrogens with one attached hydrogen (secondary N) is 2. The van der Waals surface area contributed by atoms with Crippen molar-refractivity contribution in [2.45, 2.75) is 31.7 Å². The summed E-state index contributed by atoms with van der Waals surface area (Å²) in [5.74, 6) is 0.646. The number of nitrogens with zero attached hydrogens (tertiary/aromatic N) is 2. The predicted octanol–water partition coefficient (Wildman–Crippen LogP) is 0.767. The third kappa shape index (κ3) is 6.29. The van der Waals surface area contributed by atoms with Gasteiger partial charge in [-0.3, -0.25) is 14.5 Å². The number of hydrogen-bond donors (Lipinski definition) is 2. The molecule has 2 saturated heterocycles. The zero-order valence-electron chi connectivity index (χ0n) is 15.2. The molecule has 0 radical (unpaired) electrons. The Balaban J connectivity index is 1.75. The Morgan fingerprint density at radius 3 is 2.60 bits per heavy atom. The first-order chi connectivity index (χ1) is 12.1. The first-order valence-corrected chi connectivity index (χ1v) is 9.37. The van der Waals surface area contributed by atoms with Gasteiger partial charge in [0.2, 0.25) is 11.8 Å². The van der Waals surface area contributed by atoms with Crippen LogP contribution < -0.4 is 10.6 Å². The van der Waals surface area contributed by atoms with Crippen molar-refractivity contribution in [3.05, 3.63) is 25.3 Å². The van der Waals surface area contributed by atoms with Crippen molar-refractivity contribution >= 4 is 11.8 Å². The number of amides is 2. The highest BCUT2D eigenvalue weighted by Crippen LogP contribution is 2.16. The van der Waals surface area contributed by atoms with Crippen molar-refractivity contribution in [2.75, 3.05) is 45.8 Å². The van der Waals surface area contributed by atoms with Crippen molar-refractivity contribution in [3.63, 3.8) is 0 Å². The molecular formula is C19H32N4O2. The smallest absolute Gasteiger partial charge is 0.237 e. The molecule has 2 heterocycles. The van der Waals surface area contributed by atoms with Crippen LogP contribution in [-0.2, 0) is 9.59 Å². The van der Waals surface area contributed by atoms with E-state index in [1.807, 2.05) is 0 Å². The summed E-state index contributed by atoms with van der Waals surface area (Å²) in [4.78, 5) is 28.5. The first kappa shape index (κ1) is 19.7. The summed E-state index contributed by atoms with van der Waals surface area (Å²) in [6.07, 6.45) is 7.66. The number of carbonyl (C=O) groups is 2. The maximum absolute atomic E-state index is 12.4. The molecule has 2 N–H and O–H groups in total. The number of rotatable bonds is 9.